The molecule has 0 aromatic heterocycles. The summed E-state index contributed by atoms with van der Waals surface area (Å²) in [4.78, 5) is 21.8. The van der Waals surface area contributed by atoms with E-state index in [0.717, 1.165) is 19.3 Å². The molecule has 3 N–H and O–H groups in total. The van der Waals surface area contributed by atoms with Crippen LogP contribution in [0.2, 0.25) is 0 Å². The number of amides is 1. The van der Waals surface area contributed by atoms with Gasteiger partial charge in [-0.1, -0.05) is 0 Å². The molecule has 8 nitrogen and oxygen atoms in total. The molecule has 0 aromatic carbocycles. The first-order chi connectivity index (χ1) is 14.6. The van der Waals surface area contributed by atoms with Crippen molar-refractivity contribution < 1.29 is 28.5 Å². The largest absolute Gasteiger partial charge is 0.375 e. The molecule has 0 saturated carbocycles. The van der Waals surface area contributed by atoms with Gasteiger partial charge < -0.3 is 34.8 Å². The Labute approximate surface area is 195 Å². The van der Waals surface area contributed by atoms with Gasteiger partial charge in [0.25, 0.3) is 0 Å². The van der Waals surface area contributed by atoms with E-state index in [2.05, 4.69) is 33.0 Å². The average molecular weight is 461 g/mol. The number of hydrogen-bond donors (Lipinski definition) is 2. The van der Waals surface area contributed by atoms with Crippen LogP contribution in [0.3, 0.4) is 0 Å². The molecule has 0 aliphatic rings. The maximum Gasteiger partial charge on any atom is 0.246 e. The molecule has 0 aliphatic carbocycles. The fraction of sp³-hybridized carbons (Fsp3) is 0.917. The van der Waals surface area contributed by atoms with E-state index in [1.807, 2.05) is 27.7 Å². The molecule has 0 rings (SSSR count). The van der Waals surface area contributed by atoms with Gasteiger partial charge in [-0.25, -0.2) is 0 Å². The van der Waals surface area contributed by atoms with E-state index in [9.17, 15) is 9.59 Å². The van der Waals surface area contributed by atoms with Crippen LogP contribution < -0.4 is 11.1 Å². The second-order valence-corrected chi connectivity index (χ2v) is 10.8. The average Bonchev–Trinajstić information content (AvgIpc) is 2.59. The highest BCUT2D eigenvalue weighted by molar-refractivity contribution is 5.77. The van der Waals surface area contributed by atoms with E-state index in [-0.39, 0.29) is 41.5 Å². The molecule has 0 heterocycles. The molecule has 0 aromatic rings. The lowest BCUT2D eigenvalue weighted by Gasteiger charge is -2.32. The highest BCUT2D eigenvalue weighted by Gasteiger charge is 2.25. The molecule has 0 bridgehead atoms. The first-order valence-electron chi connectivity index (χ1n) is 11.6. The minimum absolute atomic E-state index is 0.0724. The van der Waals surface area contributed by atoms with E-state index in [0.29, 0.717) is 39.1 Å². The van der Waals surface area contributed by atoms with Gasteiger partial charge in [0, 0.05) is 18.7 Å². The Morgan fingerprint density at radius 3 is 1.66 bits per heavy atom. The van der Waals surface area contributed by atoms with Gasteiger partial charge in [0.1, 0.15) is 19.5 Å². The van der Waals surface area contributed by atoms with E-state index in [1.165, 1.54) is 0 Å². The van der Waals surface area contributed by atoms with Gasteiger partial charge in [-0.2, -0.15) is 0 Å². The molecular formula is C24H48N2O6. The highest BCUT2D eigenvalue weighted by atomic mass is 16.5. The van der Waals surface area contributed by atoms with Gasteiger partial charge >= 0.3 is 0 Å². The number of ether oxygens (including phenoxy) is 4. The molecule has 0 aliphatic heterocycles. The SMILES string of the molecule is CC(C)(N)CCOC(C)(C)CCOC(C)(C)CCOC(C)(C)CCNC(=O)COCC=O. The van der Waals surface area contributed by atoms with Crippen molar-refractivity contribution in [3.8, 4) is 0 Å². The summed E-state index contributed by atoms with van der Waals surface area (Å²) >= 11 is 0. The van der Waals surface area contributed by atoms with Crippen molar-refractivity contribution in [3.05, 3.63) is 0 Å². The van der Waals surface area contributed by atoms with Crippen LogP contribution in [-0.2, 0) is 28.5 Å². The highest BCUT2D eigenvalue weighted by Crippen LogP contribution is 2.22. The van der Waals surface area contributed by atoms with Crippen LogP contribution in [0, 0.1) is 0 Å². The fourth-order valence-corrected chi connectivity index (χ4v) is 2.71. The first-order valence-corrected chi connectivity index (χ1v) is 11.6. The molecule has 0 radical (unpaired) electrons. The molecule has 190 valence electrons. The summed E-state index contributed by atoms with van der Waals surface area (Å²) in [5.74, 6) is -0.240. The predicted molar refractivity (Wildman–Crippen MR) is 127 cm³/mol. The smallest absolute Gasteiger partial charge is 0.246 e. The summed E-state index contributed by atoms with van der Waals surface area (Å²) in [7, 11) is 0. The number of nitrogens with two attached hydrogens (primary N) is 1. The summed E-state index contributed by atoms with van der Waals surface area (Å²) in [6.07, 6.45) is 3.65. The molecule has 8 heteroatoms. The Bertz CT molecular complexity index is 541. The number of aldehydes is 1. The van der Waals surface area contributed by atoms with Crippen molar-refractivity contribution in [1.82, 2.24) is 5.32 Å². The van der Waals surface area contributed by atoms with E-state index in [1.54, 1.807) is 0 Å². The minimum atomic E-state index is -0.375. The lowest BCUT2D eigenvalue weighted by Crippen LogP contribution is -2.37. The fourth-order valence-electron chi connectivity index (χ4n) is 2.71. The second-order valence-electron chi connectivity index (χ2n) is 10.8. The third-order valence-electron chi connectivity index (χ3n) is 5.10. The normalized spacial score (nSPS) is 13.3. The lowest BCUT2D eigenvalue weighted by atomic mass is 10.0. The van der Waals surface area contributed by atoms with Gasteiger partial charge in [0.2, 0.25) is 5.91 Å². The summed E-state index contributed by atoms with van der Waals surface area (Å²) in [5.41, 5.74) is 4.84. The maximum absolute atomic E-state index is 11.6. The zero-order valence-electron chi connectivity index (χ0n) is 21.7. The number of nitrogens with one attached hydrogen (secondary N) is 1. The van der Waals surface area contributed by atoms with Crippen molar-refractivity contribution in [2.75, 3.05) is 39.6 Å². The minimum Gasteiger partial charge on any atom is -0.375 e. The molecule has 0 atom stereocenters. The predicted octanol–water partition coefficient (Wildman–Crippen LogP) is 3.00. The quantitative estimate of drug-likeness (QED) is 0.225. The van der Waals surface area contributed by atoms with E-state index < -0.39 is 0 Å². The monoisotopic (exact) mass is 460 g/mol. The molecule has 32 heavy (non-hydrogen) atoms. The standard InChI is InChI=1S/C24H48N2O6/c1-21(2,25)10-15-30-23(5,6)12-17-32-24(7,8)11-16-31-22(3,4)9-13-26-20(28)19-29-18-14-27/h14H,9-13,15-19,25H2,1-8H3,(H,26,28). The van der Waals surface area contributed by atoms with Crippen molar-refractivity contribution >= 4 is 12.2 Å². The summed E-state index contributed by atoms with van der Waals surface area (Å²) in [6.45, 7) is 18.4. The second kappa shape index (κ2) is 14.3. The zero-order chi connectivity index (χ0) is 24.9. The lowest BCUT2D eigenvalue weighted by molar-refractivity contribution is -0.127. The molecule has 0 saturated heterocycles. The number of rotatable bonds is 19. The molecular weight excluding hydrogens is 412 g/mol. The van der Waals surface area contributed by atoms with Gasteiger partial charge in [-0.05, 0) is 81.1 Å². The van der Waals surface area contributed by atoms with Crippen LogP contribution >= 0.6 is 0 Å². The van der Waals surface area contributed by atoms with Crippen LogP contribution in [0.4, 0.5) is 0 Å². The Kier molecular flexibility index (Phi) is 13.8. The van der Waals surface area contributed by atoms with E-state index in [4.69, 9.17) is 24.7 Å². The topological polar surface area (TPSA) is 109 Å². The van der Waals surface area contributed by atoms with Gasteiger partial charge in [-0.3, -0.25) is 4.79 Å². The van der Waals surface area contributed by atoms with Crippen LogP contribution in [0.15, 0.2) is 0 Å². The molecule has 0 unspecified atom stereocenters. The Hall–Kier alpha value is -1.06. The van der Waals surface area contributed by atoms with Crippen LogP contribution in [-0.4, -0.2) is 74.1 Å². The van der Waals surface area contributed by atoms with Crippen molar-refractivity contribution in [2.45, 2.75) is 103 Å². The van der Waals surface area contributed by atoms with Crippen molar-refractivity contribution in [2.24, 2.45) is 5.73 Å². The third-order valence-corrected chi connectivity index (χ3v) is 5.10. The van der Waals surface area contributed by atoms with Gasteiger partial charge in [-0.15, -0.1) is 0 Å². The number of carbonyl (C=O) groups excluding carboxylic acids is 2. The van der Waals surface area contributed by atoms with Gasteiger partial charge in [0.15, 0.2) is 0 Å². The maximum atomic E-state index is 11.6. The summed E-state index contributed by atoms with van der Waals surface area (Å²) in [5, 5.41) is 2.77. The number of hydrogen-bond acceptors (Lipinski definition) is 7. The summed E-state index contributed by atoms with van der Waals surface area (Å²) in [6, 6.07) is 0. The third kappa shape index (κ3) is 18.5. The summed E-state index contributed by atoms with van der Waals surface area (Å²) < 4.78 is 23.0. The molecule has 0 fully saturated rings. The first kappa shape index (κ1) is 30.9. The van der Waals surface area contributed by atoms with E-state index >= 15 is 0 Å². The van der Waals surface area contributed by atoms with Crippen molar-refractivity contribution in [1.29, 1.82) is 0 Å². The van der Waals surface area contributed by atoms with Crippen LogP contribution in [0.5, 0.6) is 0 Å². The zero-order valence-corrected chi connectivity index (χ0v) is 21.7. The van der Waals surface area contributed by atoms with Gasteiger partial charge in [0.05, 0.1) is 30.0 Å². The Morgan fingerprint density at radius 2 is 1.22 bits per heavy atom. The van der Waals surface area contributed by atoms with Crippen LogP contribution in [0.1, 0.15) is 81.1 Å². The molecule has 1 amide bonds. The molecule has 0 spiro atoms. The Balaban J connectivity index is 4.10. The Morgan fingerprint density at radius 1 is 0.781 bits per heavy atom. The van der Waals surface area contributed by atoms with Crippen molar-refractivity contribution in [3.63, 3.8) is 0 Å². The van der Waals surface area contributed by atoms with Crippen LogP contribution in [0.25, 0.3) is 0 Å². The number of carbonyl (C=O) groups is 2.